The highest BCUT2D eigenvalue weighted by molar-refractivity contribution is 6.30. The minimum Gasteiger partial charge on any atom is -0.473 e. The monoisotopic (exact) mass is 235 g/mol. The van der Waals surface area contributed by atoms with Crippen LogP contribution in [0.3, 0.4) is 0 Å². The first-order valence-electron chi connectivity index (χ1n) is 4.45. The molecule has 0 aromatic heterocycles. The van der Waals surface area contributed by atoms with Crippen LogP contribution < -0.4 is 0 Å². The van der Waals surface area contributed by atoms with Crippen molar-refractivity contribution < 1.29 is 29.1 Å². The van der Waals surface area contributed by atoms with Gasteiger partial charge in [0.15, 0.2) is 0 Å². The first-order chi connectivity index (χ1) is 8.02. The summed E-state index contributed by atoms with van der Waals surface area (Å²) >= 11 is 0. The Morgan fingerprint density at radius 3 is 1.94 bits per heavy atom. The van der Waals surface area contributed by atoms with Crippen molar-refractivity contribution in [2.45, 2.75) is 0 Å². The highest BCUT2D eigenvalue weighted by Gasteiger charge is 2.39. The molecule has 86 valence electrons. The summed E-state index contributed by atoms with van der Waals surface area (Å²) in [6, 6.07) is 5.83. The minimum absolute atomic E-state index is 0.0655. The number of carbonyl (C=O) groups is 4. The van der Waals surface area contributed by atoms with Crippen LogP contribution in [0.5, 0.6) is 0 Å². The lowest BCUT2D eigenvalue weighted by molar-refractivity contribution is -0.180. The van der Waals surface area contributed by atoms with Gasteiger partial charge in [-0.1, -0.05) is 17.2 Å². The van der Waals surface area contributed by atoms with Crippen LogP contribution in [0.15, 0.2) is 24.3 Å². The van der Waals surface area contributed by atoms with Gasteiger partial charge in [0.1, 0.15) is 0 Å². The summed E-state index contributed by atoms with van der Waals surface area (Å²) in [6.45, 7) is 0. The number of carboxylic acids is 1. The van der Waals surface area contributed by atoms with E-state index in [1.54, 1.807) is 0 Å². The van der Waals surface area contributed by atoms with E-state index in [2.05, 4.69) is 4.84 Å². The van der Waals surface area contributed by atoms with Crippen LogP contribution in [0.4, 0.5) is 0 Å². The highest BCUT2D eigenvalue weighted by Crippen LogP contribution is 2.22. The van der Waals surface area contributed by atoms with Gasteiger partial charge < -0.3 is 9.94 Å². The third-order valence-corrected chi connectivity index (χ3v) is 2.11. The van der Waals surface area contributed by atoms with Crippen LogP contribution in [0.1, 0.15) is 20.7 Å². The number of amides is 2. The normalized spacial score (nSPS) is 13.5. The summed E-state index contributed by atoms with van der Waals surface area (Å²) in [4.78, 5) is 48.4. The van der Waals surface area contributed by atoms with Crippen LogP contribution >= 0.6 is 0 Å². The zero-order valence-corrected chi connectivity index (χ0v) is 8.25. The number of imide groups is 1. The average Bonchev–Trinajstić information content (AvgIpc) is 2.55. The molecule has 2 amide bonds. The van der Waals surface area contributed by atoms with Crippen molar-refractivity contribution in [3.63, 3.8) is 0 Å². The second-order valence-corrected chi connectivity index (χ2v) is 3.13. The summed E-state index contributed by atoms with van der Waals surface area (Å²) < 4.78 is 0. The van der Waals surface area contributed by atoms with Gasteiger partial charge in [-0.15, -0.1) is 0 Å². The molecule has 0 fully saturated rings. The predicted molar refractivity (Wildman–Crippen MR) is 50.7 cm³/mol. The third-order valence-electron chi connectivity index (χ3n) is 2.11. The largest absolute Gasteiger partial charge is 0.473 e. The molecule has 0 spiro atoms. The molecule has 0 radical (unpaired) electrons. The lowest BCUT2D eigenvalue weighted by atomic mass is 10.1. The topological polar surface area (TPSA) is 101 Å². The van der Waals surface area contributed by atoms with Crippen molar-refractivity contribution >= 4 is 23.8 Å². The molecular formula is C10H5NO6. The number of carboxylic acid groups (broad SMARTS) is 1. The molecule has 1 N–H and O–H groups in total. The molecule has 1 aliphatic heterocycles. The van der Waals surface area contributed by atoms with Crippen LogP contribution in [0, 0.1) is 0 Å². The quantitative estimate of drug-likeness (QED) is 0.535. The molecule has 1 aromatic rings. The maximum atomic E-state index is 11.6. The summed E-state index contributed by atoms with van der Waals surface area (Å²) in [5, 5.41) is 8.45. The molecule has 0 atom stereocenters. The first-order valence-corrected chi connectivity index (χ1v) is 4.45. The van der Waals surface area contributed by atoms with Crippen molar-refractivity contribution in [2.24, 2.45) is 0 Å². The lowest BCUT2D eigenvalue weighted by Crippen LogP contribution is -2.35. The van der Waals surface area contributed by atoms with Gasteiger partial charge >= 0.3 is 11.9 Å². The Labute approximate surface area is 94.2 Å². The fourth-order valence-corrected chi connectivity index (χ4v) is 1.37. The van der Waals surface area contributed by atoms with Crippen molar-refractivity contribution in [2.75, 3.05) is 0 Å². The van der Waals surface area contributed by atoms with Gasteiger partial charge in [-0.05, 0) is 12.1 Å². The number of benzene rings is 1. The predicted octanol–water partition coefficient (Wildman–Crippen LogP) is -0.175. The van der Waals surface area contributed by atoms with E-state index in [0.29, 0.717) is 0 Å². The van der Waals surface area contributed by atoms with Crippen molar-refractivity contribution in [1.29, 1.82) is 0 Å². The van der Waals surface area contributed by atoms with Crippen LogP contribution in [0.2, 0.25) is 0 Å². The van der Waals surface area contributed by atoms with E-state index in [9.17, 15) is 19.2 Å². The van der Waals surface area contributed by atoms with Gasteiger partial charge in [0, 0.05) is 0 Å². The van der Waals surface area contributed by atoms with E-state index in [-0.39, 0.29) is 16.2 Å². The molecular weight excluding hydrogens is 230 g/mol. The van der Waals surface area contributed by atoms with Crippen molar-refractivity contribution in [3.05, 3.63) is 35.4 Å². The number of fused-ring (bicyclic) bond motifs is 1. The van der Waals surface area contributed by atoms with E-state index in [1.807, 2.05) is 0 Å². The third kappa shape index (κ3) is 1.63. The van der Waals surface area contributed by atoms with Gasteiger partial charge in [-0.25, -0.2) is 9.59 Å². The van der Waals surface area contributed by atoms with Gasteiger partial charge in [-0.3, -0.25) is 9.59 Å². The van der Waals surface area contributed by atoms with Gasteiger partial charge in [-0.2, -0.15) is 0 Å². The maximum Gasteiger partial charge on any atom is 0.442 e. The van der Waals surface area contributed by atoms with E-state index in [1.165, 1.54) is 24.3 Å². The van der Waals surface area contributed by atoms with Gasteiger partial charge in [0.05, 0.1) is 11.1 Å². The maximum absolute atomic E-state index is 11.6. The Bertz CT molecular complexity index is 514. The molecule has 1 aromatic carbocycles. The number of carbonyl (C=O) groups excluding carboxylic acids is 3. The molecule has 17 heavy (non-hydrogen) atoms. The van der Waals surface area contributed by atoms with E-state index >= 15 is 0 Å². The Kier molecular flexibility index (Phi) is 2.36. The summed E-state index contributed by atoms with van der Waals surface area (Å²) in [7, 11) is 0. The van der Waals surface area contributed by atoms with Crippen LogP contribution in [-0.4, -0.2) is 33.9 Å². The minimum atomic E-state index is -1.89. The molecule has 0 bridgehead atoms. The lowest BCUT2D eigenvalue weighted by Gasteiger charge is -2.10. The van der Waals surface area contributed by atoms with E-state index in [0.717, 1.165) is 0 Å². The molecule has 0 saturated heterocycles. The Hall–Kier alpha value is -2.70. The smallest absolute Gasteiger partial charge is 0.442 e. The Morgan fingerprint density at radius 2 is 1.53 bits per heavy atom. The second kappa shape index (κ2) is 3.71. The number of aliphatic carboxylic acids is 1. The summed E-state index contributed by atoms with van der Waals surface area (Å²) in [5.74, 6) is -5.30. The molecule has 1 aliphatic rings. The first kappa shape index (κ1) is 10.8. The Morgan fingerprint density at radius 1 is 1.06 bits per heavy atom. The molecule has 0 saturated carbocycles. The zero-order chi connectivity index (χ0) is 12.6. The van der Waals surface area contributed by atoms with E-state index in [4.69, 9.17) is 5.11 Å². The summed E-state index contributed by atoms with van der Waals surface area (Å²) in [6.07, 6.45) is 0. The molecule has 7 heteroatoms. The van der Waals surface area contributed by atoms with Gasteiger partial charge in [0.25, 0.3) is 11.8 Å². The van der Waals surface area contributed by atoms with Crippen LogP contribution in [0.25, 0.3) is 0 Å². The number of hydrogen-bond donors (Lipinski definition) is 1. The fraction of sp³-hybridized carbons (Fsp3) is 0. The average molecular weight is 235 g/mol. The zero-order valence-electron chi connectivity index (χ0n) is 8.25. The number of hydrogen-bond acceptors (Lipinski definition) is 5. The Balaban J connectivity index is 2.31. The number of hydroxylamine groups is 2. The SMILES string of the molecule is O=C(O)C(=O)ON1C(=O)c2ccccc2C1=O. The molecule has 2 rings (SSSR count). The second-order valence-electron chi connectivity index (χ2n) is 3.13. The number of rotatable bonds is 1. The standard InChI is InChI=1S/C10H5NO6/c12-7-5-3-1-2-4-6(5)8(13)11(7)17-10(16)9(14)15/h1-4H,(H,14,15). The van der Waals surface area contributed by atoms with Crippen molar-refractivity contribution in [3.8, 4) is 0 Å². The highest BCUT2D eigenvalue weighted by atomic mass is 16.7. The van der Waals surface area contributed by atoms with E-state index < -0.39 is 23.8 Å². The molecule has 0 unspecified atom stereocenters. The molecule has 7 nitrogen and oxygen atoms in total. The van der Waals surface area contributed by atoms with Crippen LogP contribution in [-0.2, 0) is 14.4 Å². The fourth-order valence-electron chi connectivity index (χ4n) is 1.37. The molecule has 1 heterocycles. The number of nitrogens with zero attached hydrogens (tertiary/aromatic N) is 1. The van der Waals surface area contributed by atoms with Crippen molar-refractivity contribution in [1.82, 2.24) is 5.06 Å². The molecule has 0 aliphatic carbocycles. The summed E-state index contributed by atoms with van der Waals surface area (Å²) in [5.41, 5.74) is 0.131. The van der Waals surface area contributed by atoms with Gasteiger partial charge in [0.2, 0.25) is 0 Å².